The number of hydrogen-bond donors (Lipinski definition) is 2. The lowest BCUT2D eigenvalue weighted by atomic mass is 9.82. The number of benzene rings is 3. The van der Waals surface area contributed by atoms with E-state index < -0.39 is 72.2 Å². The molecule has 0 bridgehead atoms. The van der Waals surface area contributed by atoms with E-state index in [4.69, 9.17) is 34.8 Å². The van der Waals surface area contributed by atoms with Gasteiger partial charge in [-0.15, -0.1) is 0 Å². The van der Waals surface area contributed by atoms with E-state index in [2.05, 4.69) is 5.32 Å². The van der Waals surface area contributed by atoms with Gasteiger partial charge >= 0.3 is 12.1 Å². The first kappa shape index (κ1) is 37.9. The Morgan fingerprint density at radius 2 is 1.34 bits per heavy atom. The lowest BCUT2D eigenvalue weighted by molar-refractivity contribution is -0.167. The Balaban J connectivity index is 1.90. The predicted molar refractivity (Wildman–Crippen MR) is 169 cm³/mol. The Hall–Kier alpha value is -3.54. The van der Waals surface area contributed by atoms with Gasteiger partial charge in [0.15, 0.2) is 5.78 Å². The third-order valence-corrected chi connectivity index (χ3v) is 8.37. The number of amides is 2. The maximum absolute atomic E-state index is 14.8. The van der Waals surface area contributed by atoms with Gasteiger partial charge in [-0.2, -0.15) is 22.0 Å². The zero-order chi connectivity index (χ0) is 35.1. The van der Waals surface area contributed by atoms with E-state index in [1.807, 2.05) is 0 Å². The van der Waals surface area contributed by atoms with Crippen LogP contribution in [0.5, 0.6) is 0 Å². The number of hydrogen-bond acceptors (Lipinski definition) is 4. The molecule has 0 fully saturated rings. The minimum absolute atomic E-state index is 0.191. The van der Waals surface area contributed by atoms with Gasteiger partial charge in [-0.3, -0.25) is 19.2 Å². The average molecular weight is 720 g/mol. The molecule has 6 nitrogen and oxygen atoms in total. The van der Waals surface area contributed by atoms with Crippen molar-refractivity contribution in [3.05, 3.63) is 105 Å². The van der Waals surface area contributed by atoms with Crippen LogP contribution in [0.25, 0.3) is 0 Å². The van der Waals surface area contributed by atoms with E-state index in [1.165, 1.54) is 38.1 Å². The van der Waals surface area contributed by atoms with E-state index in [0.717, 1.165) is 10.9 Å². The molecular formula is C33H30Cl3F5N2O4. The summed E-state index contributed by atoms with van der Waals surface area (Å²) in [5, 5.41) is 4.52. The molecule has 0 saturated heterocycles. The van der Waals surface area contributed by atoms with Gasteiger partial charge in [0.1, 0.15) is 12.6 Å². The first-order chi connectivity index (χ1) is 21.9. The van der Waals surface area contributed by atoms with Gasteiger partial charge in [-0.25, -0.2) is 0 Å². The van der Waals surface area contributed by atoms with Crippen LogP contribution >= 0.6 is 34.8 Å². The summed E-state index contributed by atoms with van der Waals surface area (Å²) in [6, 6.07) is 18.1. The van der Waals surface area contributed by atoms with Crippen LogP contribution in [0.2, 0.25) is 15.1 Å². The van der Waals surface area contributed by atoms with Crippen LogP contribution in [0.3, 0.4) is 0 Å². The standard InChI is InChI=1S/C33H30Cl3F5N2O4/c1-18(2)23(30(46)33(40,41)31(47)42-17-32(37,38)39)15-27(44)29(20-8-11-22(34)12-9-20)43-28(45)16-24(19-6-4-3-5-7-19)21-10-13-25(35)26(36)14-21/h3-14,18,23-24,29H,15-17H2,1-2H3,(H,42,47)(H,43,45)/t23-,24?,29-/m0/s1. The lowest BCUT2D eigenvalue weighted by Crippen LogP contribution is -2.51. The second-order valence-corrected chi connectivity index (χ2v) is 12.4. The molecule has 2 N–H and O–H groups in total. The summed E-state index contributed by atoms with van der Waals surface area (Å²) in [6.07, 6.45) is -6.05. The summed E-state index contributed by atoms with van der Waals surface area (Å²) in [5.41, 5.74) is 1.61. The summed E-state index contributed by atoms with van der Waals surface area (Å²) in [4.78, 5) is 52.1. The van der Waals surface area contributed by atoms with E-state index >= 15 is 0 Å². The Labute approximate surface area is 283 Å². The van der Waals surface area contributed by atoms with Crippen molar-refractivity contribution in [2.45, 2.75) is 50.7 Å². The van der Waals surface area contributed by atoms with Crippen molar-refractivity contribution in [3.8, 4) is 0 Å². The number of carbonyl (C=O) groups is 4. The number of carbonyl (C=O) groups excluding carboxylic acids is 4. The average Bonchev–Trinajstić information content (AvgIpc) is 3.01. The highest BCUT2D eigenvalue weighted by Gasteiger charge is 2.51. The van der Waals surface area contributed by atoms with E-state index in [-0.39, 0.29) is 17.0 Å². The van der Waals surface area contributed by atoms with Gasteiger partial charge in [-0.1, -0.05) is 97.2 Å². The van der Waals surface area contributed by atoms with E-state index in [9.17, 15) is 41.1 Å². The van der Waals surface area contributed by atoms with Gasteiger partial charge in [0.05, 0.1) is 10.0 Å². The van der Waals surface area contributed by atoms with Crippen molar-refractivity contribution in [2.24, 2.45) is 11.8 Å². The second-order valence-electron chi connectivity index (χ2n) is 11.2. The first-order valence-electron chi connectivity index (χ1n) is 14.2. The molecule has 0 aliphatic heterocycles. The molecule has 3 atom stereocenters. The highest BCUT2D eigenvalue weighted by atomic mass is 35.5. The molecule has 0 radical (unpaired) electrons. The third kappa shape index (κ3) is 10.5. The molecule has 0 heterocycles. The molecule has 252 valence electrons. The molecule has 47 heavy (non-hydrogen) atoms. The zero-order valence-electron chi connectivity index (χ0n) is 25.0. The topological polar surface area (TPSA) is 92.3 Å². The quantitative estimate of drug-likeness (QED) is 0.130. The largest absolute Gasteiger partial charge is 0.405 e. The van der Waals surface area contributed by atoms with Crippen LogP contribution in [0, 0.1) is 11.8 Å². The molecule has 0 aromatic heterocycles. The molecule has 0 aliphatic carbocycles. The van der Waals surface area contributed by atoms with Crippen molar-refractivity contribution in [2.75, 3.05) is 6.54 Å². The number of halogens is 8. The molecule has 2 amide bonds. The van der Waals surface area contributed by atoms with Crippen LogP contribution in [-0.4, -0.2) is 42.0 Å². The summed E-state index contributed by atoms with van der Waals surface area (Å²) in [5.74, 6) is -14.1. The van der Waals surface area contributed by atoms with Crippen molar-refractivity contribution in [1.82, 2.24) is 10.6 Å². The fourth-order valence-corrected chi connectivity index (χ4v) is 5.29. The smallest absolute Gasteiger partial charge is 0.342 e. The van der Waals surface area contributed by atoms with Crippen LogP contribution in [0.1, 0.15) is 55.3 Å². The number of rotatable bonds is 14. The second kappa shape index (κ2) is 16.0. The van der Waals surface area contributed by atoms with Gasteiger partial charge in [0.2, 0.25) is 11.7 Å². The van der Waals surface area contributed by atoms with Gasteiger partial charge in [0, 0.05) is 29.7 Å². The molecule has 0 spiro atoms. The van der Waals surface area contributed by atoms with Crippen LogP contribution in [0.4, 0.5) is 22.0 Å². The Bertz CT molecular complexity index is 1590. The summed E-state index contributed by atoms with van der Waals surface area (Å²) in [6.45, 7) is 0.616. The molecule has 0 saturated carbocycles. The van der Waals surface area contributed by atoms with Crippen molar-refractivity contribution >= 4 is 58.2 Å². The van der Waals surface area contributed by atoms with Gasteiger partial charge in [0.25, 0.3) is 5.91 Å². The minimum atomic E-state index is -4.99. The monoisotopic (exact) mass is 718 g/mol. The van der Waals surface area contributed by atoms with Crippen molar-refractivity contribution in [3.63, 3.8) is 0 Å². The Morgan fingerprint density at radius 1 is 0.745 bits per heavy atom. The first-order valence-corrected chi connectivity index (χ1v) is 15.4. The number of Topliss-reactive ketones (excluding diaryl/α,β-unsaturated/α-hetero) is 2. The zero-order valence-corrected chi connectivity index (χ0v) is 27.3. The summed E-state index contributed by atoms with van der Waals surface area (Å²) < 4.78 is 67.1. The van der Waals surface area contributed by atoms with Crippen LogP contribution in [0.15, 0.2) is 72.8 Å². The molecule has 0 aliphatic rings. The molecule has 14 heteroatoms. The van der Waals surface area contributed by atoms with Crippen LogP contribution in [-0.2, 0) is 19.2 Å². The predicted octanol–water partition coefficient (Wildman–Crippen LogP) is 8.14. The summed E-state index contributed by atoms with van der Waals surface area (Å²) >= 11 is 18.3. The molecule has 3 aromatic rings. The maximum atomic E-state index is 14.8. The number of nitrogens with one attached hydrogen (secondary N) is 2. The highest BCUT2D eigenvalue weighted by Crippen LogP contribution is 2.34. The molecule has 3 rings (SSSR count). The SMILES string of the molecule is CC(C)[C@H](CC(=O)[C@@H](NC(=O)CC(c1ccccc1)c1ccc(Cl)c(Cl)c1)c1ccc(Cl)cc1)C(=O)C(F)(F)C(=O)NCC(F)(F)F. The fraction of sp³-hybridized carbons (Fsp3) is 0.333. The van der Waals surface area contributed by atoms with Crippen LogP contribution < -0.4 is 10.6 Å². The fourth-order valence-electron chi connectivity index (χ4n) is 4.85. The number of ketones is 2. The number of alkyl halides is 5. The molecular weight excluding hydrogens is 690 g/mol. The van der Waals surface area contributed by atoms with E-state index in [0.29, 0.717) is 15.6 Å². The van der Waals surface area contributed by atoms with Gasteiger partial charge < -0.3 is 10.6 Å². The summed E-state index contributed by atoms with van der Waals surface area (Å²) in [7, 11) is 0. The molecule has 3 aromatic carbocycles. The lowest BCUT2D eigenvalue weighted by Gasteiger charge is -2.26. The van der Waals surface area contributed by atoms with Crippen molar-refractivity contribution < 1.29 is 41.1 Å². The Morgan fingerprint density at radius 3 is 1.89 bits per heavy atom. The van der Waals surface area contributed by atoms with Crippen molar-refractivity contribution in [1.29, 1.82) is 0 Å². The minimum Gasteiger partial charge on any atom is -0.342 e. The maximum Gasteiger partial charge on any atom is 0.405 e. The third-order valence-electron chi connectivity index (χ3n) is 7.37. The molecule has 1 unspecified atom stereocenters. The normalized spacial score (nSPS) is 13.9. The highest BCUT2D eigenvalue weighted by molar-refractivity contribution is 6.42. The van der Waals surface area contributed by atoms with E-state index in [1.54, 1.807) is 48.5 Å². The Kier molecular flexibility index (Phi) is 12.9. The van der Waals surface area contributed by atoms with Gasteiger partial charge in [-0.05, 0) is 46.9 Å².